The smallest absolute Gasteiger partial charge is 0.410 e. The van der Waals surface area contributed by atoms with Crippen LogP contribution in [0.5, 0.6) is 0 Å². The Hall–Kier alpha value is -4.31. The van der Waals surface area contributed by atoms with E-state index in [2.05, 4.69) is 25.9 Å². The molecule has 3 amide bonds. The number of likely N-dealkylation sites (tertiary alicyclic amines) is 1. The van der Waals surface area contributed by atoms with Gasteiger partial charge in [-0.3, -0.25) is 24.5 Å². The highest BCUT2D eigenvalue weighted by Gasteiger charge is 2.35. The Morgan fingerprint density at radius 1 is 0.868 bits per heavy atom. The minimum Gasteiger partial charge on any atom is -0.445 e. The van der Waals surface area contributed by atoms with Crippen LogP contribution in [0.2, 0.25) is 0 Å². The number of pyridine rings is 2. The molecule has 5 rings (SSSR count). The molecule has 2 aliphatic heterocycles. The summed E-state index contributed by atoms with van der Waals surface area (Å²) in [6, 6.07) is 15.4. The van der Waals surface area contributed by atoms with Gasteiger partial charge in [-0.1, -0.05) is 30.3 Å². The third-order valence-electron chi connectivity index (χ3n) is 6.73. The highest BCUT2D eigenvalue weighted by molar-refractivity contribution is 6.02. The Labute approximate surface area is 220 Å². The molecule has 10 nitrogen and oxygen atoms in total. The summed E-state index contributed by atoms with van der Waals surface area (Å²) in [7, 11) is 0. The van der Waals surface area contributed by atoms with Crippen molar-refractivity contribution in [2.75, 3.05) is 23.7 Å². The average Bonchev–Trinajstić information content (AvgIpc) is 3.66. The maximum absolute atomic E-state index is 13.3. The monoisotopic (exact) mass is 514 g/mol. The molecule has 2 aliphatic rings. The normalized spacial score (nSPS) is 18.7. The van der Waals surface area contributed by atoms with E-state index in [0.717, 1.165) is 24.9 Å². The Kier molecular flexibility index (Phi) is 7.89. The van der Waals surface area contributed by atoms with Gasteiger partial charge < -0.3 is 20.7 Å². The first-order valence-electron chi connectivity index (χ1n) is 12.8. The van der Waals surface area contributed by atoms with Crippen LogP contribution in [0.4, 0.5) is 16.2 Å². The minimum absolute atomic E-state index is 0.131. The van der Waals surface area contributed by atoms with E-state index < -0.39 is 12.1 Å². The zero-order valence-electron chi connectivity index (χ0n) is 20.9. The zero-order valence-corrected chi connectivity index (χ0v) is 20.9. The Morgan fingerprint density at radius 3 is 2.21 bits per heavy atom. The lowest BCUT2D eigenvalue weighted by Gasteiger charge is -2.24. The van der Waals surface area contributed by atoms with Crippen molar-refractivity contribution in [1.29, 1.82) is 0 Å². The van der Waals surface area contributed by atoms with Gasteiger partial charge >= 0.3 is 6.09 Å². The van der Waals surface area contributed by atoms with Crippen LogP contribution < -0.4 is 16.0 Å². The van der Waals surface area contributed by atoms with Crippen molar-refractivity contribution >= 4 is 29.3 Å². The van der Waals surface area contributed by atoms with Gasteiger partial charge in [0, 0.05) is 18.9 Å². The molecule has 196 valence electrons. The molecule has 4 heterocycles. The molecular formula is C28H30N6O4. The van der Waals surface area contributed by atoms with Crippen LogP contribution in [-0.2, 0) is 20.9 Å². The summed E-state index contributed by atoms with van der Waals surface area (Å²) >= 11 is 0. The molecule has 0 unspecified atom stereocenters. The topological polar surface area (TPSA) is 126 Å². The van der Waals surface area contributed by atoms with Gasteiger partial charge in [-0.25, -0.2) is 4.79 Å². The summed E-state index contributed by atoms with van der Waals surface area (Å²) in [6.07, 6.45) is 5.65. The second-order valence-corrected chi connectivity index (χ2v) is 9.32. The highest BCUT2D eigenvalue weighted by atomic mass is 16.6. The first kappa shape index (κ1) is 25.3. The Balaban J connectivity index is 1.29. The van der Waals surface area contributed by atoms with Crippen LogP contribution in [0, 0.1) is 0 Å². The van der Waals surface area contributed by atoms with E-state index in [9.17, 15) is 14.4 Å². The molecule has 0 spiro atoms. The van der Waals surface area contributed by atoms with Gasteiger partial charge in [0.15, 0.2) is 0 Å². The fourth-order valence-electron chi connectivity index (χ4n) is 4.79. The number of aromatic nitrogens is 2. The number of rotatable bonds is 7. The third-order valence-corrected chi connectivity index (χ3v) is 6.73. The first-order chi connectivity index (χ1) is 18.6. The lowest BCUT2D eigenvalue weighted by molar-refractivity contribution is -0.120. The maximum Gasteiger partial charge on any atom is 0.410 e. The molecule has 2 saturated heterocycles. The molecule has 0 bridgehead atoms. The summed E-state index contributed by atoms with van der Waals surface area (Å²) < 4.78 is 5.47. The summed E-state index contributed by atoms with van der Waals surface area (Å²) in [5.74, 6) is -0.459. The summed E-state index contributed by atoms with van der Waals surface area (Å²) in [4.78, 5) is 49.2. The number of amides is 3. The molecule has 2 fully saturated rings. The quantitative estimate of drug-likeness (QED) is 0.440. The maximum atomic E-state index is 13.3. The van der Waals surface area contributed by atoms with Crippen molar-refractivity contribution in [3.05, 3.63) is 72.6 Å². The van der Waals surface area contributed by atoms with E-state index in [0.29, 0.717) is 42.1 Å². The van der Waals surface area contributed by atoms with Gasteiger partial charge in [0.1, 0.15) is 24.0 Å². The molecule has 1 aromatic carbocycles. The summed E-state index contributed by atoms with van der Waals surface area (Å²) in [5, 5.41) is 9.07. The number of nitrogens with zero attached hydrogens (tertiary/aromatic N) is 3. The van der Waals surface area contributed by atoms with Crippen molar-refractivity contribution < 1.29 is 19.1 Å². The van der Waals surface area contributed by atoms with Crippen LogP contribution in [0.3, 0.4) is 0 Å². The molecule has 3 N–H and O–H groups in total. The number of carbonyl (C=O) groups is 3. The molecule has 0 radical (unpaired) electrons. The number of carbonyl (C=O) groups excluding carboxylic acids is 3. The van der Waals surface area contributed by atoms with Gasteiger partial charge in [0.05, 0.1) is 17.4 Å². The largest absolute Gasteiger partial charge is 0.445 e. The fourth-order valence-corrected chi connectivity index (χ4v) is 4.79. The number of benzene rings is 1. The molecule has 38 heavy (non-hydrogen) atoms. The van der Waals surface area contributed by atoms with E-state index >= 15 is 0 Å². The predicted octanol–water partition coefficient (Wildman–Crippen LogP) is 3.57. The predicted molar refractivity (Wildman–Crippen MR) is 142 cm³/mol. The van der Waals surface area contributed by atoms with Gasteiger partial charge in [0.25, 0.3) is 0 Å². The second-order valence-electron chi connectivity index (χ2n) is 9.32. The first-order valence-corrected chi connectivity index (χ1v) is 12.8. The Bertz CT molecular complexity index is 1300. The molecule has 2 atom stereocenters. The zero-order chi connectivity index (χ0) is 26.3. The van der Waals surface area contributed by atoms with E-state index in [1.807, 2.05) is 30.3 Å². The molecule has 0 aliphatic carbocycles. The molecule has 2 aromatic heterocycles. The number of anilines is 2. The van der Waals surface area contributed by atoms with Crippen molar-refractivity contribution in [3.63, 3.8) is 0 Å². The SMILES string of the molecule is O=C(Nc1cccnc1-c1ncccc1NC(=O)[C@@H]1CCCN1C(=O)OCc1ccccc1)[C@@H]1CCCN1. The number of hydrogen-bond donors (Lipinski definition) is 3. The van der Waals surface area contributed by atoms with Crippen molar-refractivity contribution in [1.82, 2.24) is 20.2 Å². The summed E-state index contributed by atoms with van der Waals surface area (Å²) in [6.45, 7) is 1.39. The van der Waals surface area contributed by atoms with E-state index in [-0.39, 0.29) is 24.5 Å². The van der Waals surface area contributed by atoms with Crippen molar-refractivity contribution in [2.24, 2.45) is 0 Å². The fraction of sp³-hybridized carbons (Fsp3) is 0.321. The van der Waals surface area contributed by atoms with Crippen molar-refractivity contribution in [3.8, 4) is 11.4 Å². The lowest BCUT2D eigenvalue weighted by Crippen LogP contribution is -2.43. The van der Waals surface area contributed by atoms with Crippen LogP contribution in [0.25, 0.3) is 11.4 Å². The minimum atomic E-state index is -0.664. The standard InChI is InChI=1S/C28H30N6O4/c35-26(22-12-6-14-29-22)32-20-10-4-15-30-24(20)25-21(11-5-16-31-25)33-27(36)23-13-7-17-34(23)28(37)38-18-19-8-2-1-3-9-19/h1-5,8-11,15-16,22-23,29H,6-7,12-14,17-18H2,(H,32,35)(H,33,36)/t22-,23-/m0/s1. The number of hydrogen-bond acceptors (Lipinski definition) is 7. The molecule has 0 saturated carbocycles. The summed E-state index contributed by atoms with van der Waals surface area (Å²) in [5.41, 5.74) is 2.69. The number of ether oxygens (including phenoxy) is 1. The van der Waals surface area contributed by atoms with E-state index in [1.54, 1.807) is 36.7 Å². The van der Waals surface area contributed by atoms with Gasteiger partial charge in [0.2, 0.25) is 11.8 Å². The molecular weight excluding hydrogens is 484 g/mol. The average molecular weight is 515 g/mol. The van der Waals surface area contributed by atoms with Crippen LogP contribution in [0.1, 0.15) is 31.2 Å². The third kappa shape index (κ3) is 5.81. The number of nitrogens with one attached hydrogen (secondary N) is 3. The molecule has 10 heteroatoms. The lowest BCUT2D eigenvalue weighted by atomic mass is 10.1. The second kappa shape index (κ2) is 11.8. The molecule has 3 aromatic rings. The van der Waals surface area contributed by atoms with Crippen molar-refractivity contribution in [2.45, 2.75) is 44.4 Å². The van der Waals surface area contributed by atoms with Crippen LogP contribution >= 0.6 is 0 Å². The van der Waals surface area contributed by atoms with Gasteiger partial charge in [-0.15, -0.1) is 0 Å². The van der Waals surface area contributed by atoms with Crippen LogP contribution in [0.15, 0.2) is 67.0 Å². The van der Waals surface area contributed by atoms with E-state index in [4.69, 9.17) is 4.74 Å². The highest BCUT2D eigenvalue weighted by Crippen LogP contribution is 2.31. The van der Waals surface area contributed by atoms with Crippen LogP contribution in [-0.4, -0.2) is 57.9 Å². The van der Waals surface area contributed by atoms with Gasteiger partial charge in [-0.2, -0.15) is 0 Å². The van der Waals surface area contributed by atoms with E-state index in [1.165, 1.54) is 4.90 Å². The van der Waals surface area contributed by atoms with Gasteiger partial charge in [-0.05, 0) is 62.1 Å². The Morgan fingerprint density at radius 2 is 1.55 bits per heavy atom.